The fraction of sp³-hybridized carbons (Fsp3) is 0.231. The number of nitrogens with zero attached hydrogens (tertiary/aromatic N) is 2. The lowest BCUT2D eigenvalue weighted by Gasteiger charge is -2.33. The quantitative estimate of drug-likeness (QED) is 0.504. The molecule has 1 fully saturated rings. The highest BCUT2D eigenvalue weighted by Crippen LogP contribution is 2.27. The zero-order valence-electron chi connectivity index (χ0n) is 17.3. The first-order chi connectivity index (χ1) is 15.3. The number of rotatable bonds is 5. The minimum absolute atomic E-state index is 0.0268. The van der Waals surface area contributed by atoms with E-state index in [0.717, 1.165) is 41.3 Å². The number of aromatic nitrogens is 1. The van der Waals surface area contributed by atoms with Crippen molar-refractivity contribution in [2.45, 2.75) is 12.6 Å². The van der Waals surface area contributed by atoms with Gasteiger partial charge in [0.2, 0.25) is 0 Å². The summed E-state index contributed by atoms with van der Waals surface area (Å²) in [5.74, 6) is -0.113. The van der Waals surface area contributed by atoms with Crippen LogP contribution in [-0.4, -0.2) is 48.1 Å². The molecule has 156 valence electrons. The van der Waals surface area contributed by atoms with E-state index in [9.17, 15) is 4.79 Å². The van der Waals surface area contributed by atoms with Gasteiger partial charge in [0, 0.05) is 37.8 Å². The highest BCUT2D eigenvalue weighted by Gasteiger charge is 2.22. The number of fused-ring (bicyclic) bond motifs is 3. The highest BCUT2D eigenvalue weighted by atomic mass is 16.5. The molecule has 2 heterocycles. The van der Waals surface area contributed by atoms with E-state index < -0.39 is 0 Å². The van der Waals surface area contributed by atoms with Crippen molar-refractivity contribution in [1.82, 2.24) is 15.2 Å². The van der Waals surface area contributed by atoms with Gasteiger partial charge in [0.25, 0.3) is 5.91 Å². The summed E-state index contributed by atoms with van der Waals surface area (Å²) in [6.07, 6.45) is 1.71. The fourth-order valence-electron chi connectivity index (χ4n) is 4.29. The van der Waals surface area contributed by atoms with Gasteiger partial charge in [-0.15, -0.1) is 0 Å². The van der Waals surface area contributed by atoms with Gasteiger partial charge in [-0.3, -0.25) is 14.7 Å². The number of nitrogens with one attached hydrogen (secondary N) is 1. The van der Waals surface area contributed by atoms with E-state index in [-0.39, 0.29) is 12.0 Å². The van der Waals surface area contributed by atoms with E-state index in [1.807, 2.05) is 42.5 Å². The van der Waals surface area contributed by atoms with Crippen LogP contribution < -0.4 is 5.32 Å². The maximum absolute atomic E-state index is 13.1. The third kappa shape index (κ3) is 4.29. The number of hydrogen-bond donors (Lipinski definition) is 1. The van der Waals surface area contributed by atoms with Crippen LogP contribution in [0.15, 0.2) is 79.0 Å². The van der Waals surface area contributed by atoms with Gasteiger partial charge in [0.05, 0.1) is 23.8 Å². The Morgan fingerprint density at radius 3 is 2.74 bits per heavy atom. The fourth-order valence-corrected chi connectivity index (χ4v) is 4.29. The first-order valence-corrected chi connectivity index (χ1v) is 10.7. The first-order valence-electron chi connectivity index (χ1n) is 10.7. The van der Waals surface area contributed by atoms with E-state index in [2.05, 4.69) is 45.5 Å². The Labute approximate surface area is 181 Å². The van der Waals surface area contributed by atoms with Gasteiger partial charge in [-0.1, -0.05) is 60.7 Å². The molecule has 1 aliphatic heterocycles. The molecule has 0 aliphatic carbocycles. The molecule has 5 heteroatoms. The summed E-state index contributed by atoms with van der Waals surface area (Å²) < 4.78 is 5.92. The predicted octanol–water partition coefficient (Wildman–Crippen LogP) is 4.02. The molecule has 5 nitrogen and oxygen atoms in total. The molecule has 1 aromatic heterocycles. The zero-order valence-corrected chi connectivity index (χ0v) is 17.3. The minimum Gasteiger partial charge on any atom is -0.374 e. The number of carbonyl (C=O) groups is 1. The van der Waals surface area contributed by atoms with Crippen molar-refractivity contribution < 1.29 is 9.53 Å². The average molecular weight is 412 g/mol. The standard InChI is InChI=1S/C26H25N3O2/c30-26(24-15-20-9-4-5-10-22(20)23-11-6-12-27-25(23)24)28-16-21-18-29(13-14-31-21)17-19-7-2-1-3-8-19/h1-12,15,21H,13-14,16-18H2,(H,28,30). The van der Waals surface area contributed by atoms with Crippen LogP contribution in [0.1, 0.15) is 15.9 Å². The molecule has 1 saturated heterocycles. The largest absolute Gasteiger partial charge is 0.374 e. The van der Waals surface area contributed by atoms with Crippen LogP contribution in [-0.2, 0) is 11.3 Å². The second-order valence-corrected chi connectivity index (χ2v) is 7.97. The van der Waals surface area contributed by atoms with Crippen molar-refractivity contribution in [1.29, 1.82) is 0 Å². The lowest BCUT2D eigenvalue weighted by atomic mass is 10.0. The second-order valence-electron chi connectivity index (χ2n) is 7.97. The molecular formula is C26H25N3O2. The number of carbonyl (C=O) groups excluding carboxylic acids is 1. The topological polar surface area (TPSA) is 54.5 Å². The Morgan fingerprint density at radius 1 is 1.03 bits per heavy atom. The Kier molecular flexibility index (Phi) is 5.61. The molecule has 1 N–H and O–H groups in total. The number of amides is 1. The molecule has 0 spiro atoms. The Balaban J connectivity index is 1.29. The molecule has 1 unspecified atom stereocenters. The highest BCUT2D eigenvalue weighted by molar-refractivity contribution is 6.15. The van der Waals surface area contributed by atoms with Crippen molar-refractivity contribution in [3.63, 3.8) is 0 Å². The number of hydrogen-bond acceptors (Lipinski definition) is 4. The van der Waals surface area contributed by atoms with Gasteiger partial charge in [0.1, 0.15) is 0 Å². The van der Waals surface area contributed by atoms with Crippen LogP contribution in [0.5, 0.6) is 0 Å². The zero-order chi connectivity index (χ0) is 21.0. The summed E-state index contributed by atoms with van der Waals surface area (Å²) in [6, 6.07) is 24.4. The number of pyridine rings is 1. The van der Waals surface area contributed by atoms with Gasteiger partial charge >= 0.3 is 0 Å². The van der Waals surface area contributed by atoms with Crippen molar-refractivity contribution in [2.24, 2.45) is 0 Å². The van der Waals surface area contributed by atoms with Gasteiger partial charge in [-0.05, 0) is 28.5 Å². The maximum Gasteiger partial charge on any atom is 0.253 e. The Morgan fingerprint density at radius 2 is 1.84 bits per heavy atom. The van der Waals surface area contributed by atoms with E-state index in [1.54, 1.807) is 6.20 Å². The van der Waals surface area contributed by atoms with Gasteiger partial charge in [0.15, 0.2) is 0 Å². The number of morpholine rings is 1. The molecule has 0 bridgehead atoms. The summed E-state index contributed by atoms with van der Waals surface area (Å²) >= 11 is 0. The molecule has 0 saturated carbocycles. The van der Waals surface area contributed by atoms with Gasteiger partial charge in [-0.2, -0.15) is 0 Å². The minimum atomic E-state index is -0.113. The lowest BCUT2D eigenvalue weighted by Crippen LogP contribution is -2.47. The first kappa shape index (κ1) is 19.7. The second kappa shape index (κ2) is 8.84. The SMILES string of the molecule is O=C(NCC1CN(Cc2ccccc2)CCO1)c1cc2ccccc2c2cccnc12. The summed E-state index contributed by atoms with van der Waals surface area (Å²) in [6.45, 7) is 3.75. The molecule has 5 rings (SSSR count). The molecule has 1 atom stereocenters. The number of ether oxygens (including phenoxy) is 1. The van der Waals surface area contributed by atoms with E-state index >= 15 is 0 Å². The van der Waals surface area contributed by atoms with Gasteiger partial charge in [-0.25, -0.2) is 0 Å². The molecule has 4 aromatic rings. The monoisotopic (exact) mass is 411 g/mol. The molecule has 1 aliphatic rings. The summed E-state index contributed by atoms with van der Waals surface area (Å²) in [7, 11) is 0. The molecule has 3 aromatic carbocycles. The van der Waals surface area contributed by atoms with Crippen LogP contribution in [0.25, 0.3) is 21.7 Å². The molecule has 1 amide bonds. The van der Waals surface area contributed by atoms with Crippen molar-refractivity contribution >= 4 is 27.6 Å². The van der Waals surface area contributed by atoms with Crippen LogP contribution in [0, 0.1) is 0 Å². The summed E-state index contributed by atoms with van der Waals surface area (Å²) in [5, 5.41) is 6.22. The predicted molar refractivity (Wildman–Crippen MR) is 123 cm³/mol. The summed E-state index contributed by atoms with van der Waals surface area (Å²) in [4.78, 5) is 20.0. The van der Waals surface area contributed by atoms with Crippen LogP contribution in [0.4, 0.5) is 0 Å². The van der Waals surface area contributed by atoms with Crippen molar-refractivity contribution in [3.8, 4) is 0 Å². The maximum atomic E-state index is 13.1. The van der Waals surface area contributed by atoms with Crippen LogP contribution >= 0.6 is 0 Å². The lowest BCUT2D eigenvalue weighted by molar-refractivity contribution is -0.0292. The Bertz CT molecular complexity index is 1210. The van der Waals surface area contributed by atoms with E-state index in [1.165, 1.54) is 5.56 Å². The van der Waals surface area contributed by atoms with Crippen molar-refractivity contribution in [2.75, 3.05) is 26.2 Å². The van der Waals surface area contributed by atoms with E-state index in [0.29, 0.717) is 18.7 Å². The third-order valence-electron chi connectivity index (χ3n) is 5.82. The smallest absolute Gasteiger partial charge is 0.253 e. The average Bonchev–Trinajstić information content (AvgIpc) is 2.83. The Hall–Kier alpha value is -3.28. The molecule has 0 radical (unpaired) electrons. The molecule has 31 heavy (non-hydrogen) atoms. The van der Waals surface area contributed by atoms with E-state index in [4.69, 9.17) is 4.74 Å². The van der Waals surface area contributed by atoms with Gasteiger partial charge < -0.3 is 10.1 Å². The molecular weight excluding hydrogens is 386 g/mol. The normalized spacial score (nSPS) is 17.1. The number of benzene rings is 3. The van der Waals surface area contributed by atoms with Crippen LogP contribution in [0.3, 0.4) is 0 Å². The summed E-state index contributed by atoms with van der Waals surface area (Å²) in [5.41, 5.74) is 2.63. The van der Waals surface area contributed by atoms with Crippen molar-refractivity contribution in [3.05, 3.63) is 90.1 Å². The van der Waals surface area contributed by atoms with Crippen LogP contribution in [0.2, 0.25) is 0 Å². The third-order valence-corrected chi connectivity index (χ3v) is 5.82.